The average molecular weight is 440 g/mol. The maximum atomic E-state index is 14.0. The molecule has 4 rings (SSSR count). The van der Waals surface area contributed by atoms with Crippen LogP contribution < -0.4 is 16.4 Å². The molecule has 5 N–H and O–H groups in total. The average Bonchev–Trinajstić information content (AvgIpc) is 3.06. The zero-order valence-corrected chi connectivity index (χ0v) is 16.1. The lowest BCUT2D eigenvalue weighted by Gasteiger charge is -2.21. The number of hydrogen-bond acceptors (Lipinski definition) is 3. The van der Waals surface area contributed by atoms with Crippen molar-refractivity contribution in [2.75, 3.05) is 10.6 Å². The van der Waals surface area contributed by atoms with Crippen molar-refractivity contribution in [3.63, 3.8) is 0 Å². The molecule has 1 heterocycles. The first-order valence-corrected chi connectivity index (χ1v) is 9.12. The van der Waals surface area contributed by atoms with Gasteiger partial charge >= 0.3 is 6.03 Å². The quantitative estimate of drug-likeness (QED) is 0.421. The standard InChI is InChI=1S/C20H15BrFN5O/c21-12-2-1-3-14(10-12)27(20(24)28)13-6-4-11(5-7-13)15-8-9-16(22)18-17(15)19(23)26-25-18/h1-10H,(H2,24,28)(H3,23,25,26). The fourth-order valence-corrected chi connectivity index (χ4v) is 3.56. The van der Waals surface area contributed by atoms with E-state index in [1.807, 2.05) is 24.3 Å². The summed E-state index contributed by atoms with van der Waals surface area (Å²) in [6.45, 7) is 0. The van der Waals surface area contributed by atoms with Crippen LogP contribution in [0.3, 0.4) is 0 Å². The summed E-state index contributed by atoms with van der Waals surface area (Å²) in [6.07, 6.45) is 0. The van der Waals surface area contributed by atoms with Gasteiger partial charge < -0.3 is 11.5 Å². The smallest absolute Gasteiger partial charge is 0.323 e. The van der Waals surface area contributed by atoms with Crippen LogP contribution >= 0.6 is 15.9 Å². The first-order chi connectivity index (χ1) is 13.5. The van der Waals surface area contributed by atoms with E-state index >= 15 is 0 Å². The molecule has 28 heavy (non-hydrogen) atoms. The first-order valence-electron chi connectivity index (χ1n) is 8.33. The van der Waals surface area contributed by atoms with Crippen molar-refractivity contribution in [3.8, 4) is 11.1 Å². The predicted molar refractivity (Wildman–Crippen MR) is 112 cm³/mol. The van der Waals surface area contributed by atoms with Gasteiger partial charge in [0.25, 0.3) is 0 Å². The number of nitrogen functional groups attached to an aromatic ring is 1. The SMILES string of the molecule is NC(=O)N(c1ccc(-c2ccc(F)c3[nH]nc(N)c23)cc1)c1cccc(Br)c1. The molecule has 2 amide bonds. The Morgan fingerprint density at radius 1 is 1.07 bits per heavy atom. The number of fused-ring (bicyclic) bond motifs is 1. The van der Waals surface area contributed by atoms with Gasteiger partial charge in [0.05, 0.1) is 16.8 Å². The third-order valence-corrected chi connectivity index (χ3v) is 4.92. The van der Waals surface area contributed by atoms with Crippen LogP contribution in [-0.4, -0.2) is 16.2 Å². The lowest BCUT2D eigenvalue weighted by atomic mass is 10.0. The molecule has 0 saturated heterocycles. The van der Waals surface area contributed by atoms with Crippen molar-refractivity contribution in [2.24, 2.45) is 5.73 Å². The number of carbonyl (C=O) groups is 1. The maximum absolute atomic E-state index is 14.0. The summed E-state index contributed by atoms with van der Waals surface area (Å²) in [5.41, 5.74) is 14.5. The number of amides is 2. The van der Waals surface area contributed by atoms with Gasteiger partial charge in [-0.3, -0.25) is 10.00 Å². The minimum atomic E-state index is -0.603. The molecule has 0 aliphatic carbocycles. The highest BCUT2D eigenvalue weighted by Gasteiger charge is 2.17. The molecule has 0 spiro atoms. The second-order valence-electron chi connectivity index (χ2n) is 6.15. The van der Waals surface area contributed by atoms with Crippen molar-refractivity contribution in [1.29, 1.82) is 0 Å². The summed E-state index contributed by atoms with van der Waals surface area (Å²) in [5, 5.41) is 7.03. The number of nitrogens with zero attached hydrogens (tertiary/aromatic N) is 2. The van der Waals surface area contributed by atoms with E-state index in [0.717, 1.165) is 15.6 Å². The third-order valence-electron chi connectivity index (χ3n) is 4.42. The number of aromatic amines is 1. The summed E-state index contributed by atoms with van der Waals surface area (Å²) in [7, 11) is 0. The third kappa shape index (κ3) is 3.07. The normalized spacial score (nSPS) is 10.9. The molecule has 0 aliphatic rings. The number of carbonyl (C=O) groups excluding carboxylic acids is 1. The topological polar surface area (TPSA) is 101 Å². The molecule has 3 aromatic carbocycles. The van der Waals surface area contributed by atoms with Crippen LogP contribution in [0.1, 0.15) is 0 Å². The molecule has 4 aromatic rings. The van der Waals surface area contributed by atoms with Crippen LogP contribution in [0.25, 0.3) is 22.0 Å². The van der Waals surface area contributed by atoms with Gasteiger partial charge in [-0.15, -0.1) is 0 Å². The summed E-state index contributed by atoms with van der Waals surface area (Å²) in [6, 6.07) is 16.9. The Labute approximate surface area is 168 Å². The number of nitrogens with one attached hydrogen (secondary N) is 1. The zero-order chi connectivity index (χ0) is 19.8. The number of halogens is 2. The van der Waals surface area contributed by atoms with Crippen LogP contribution in [0.2, 0.25) is 0 Å². The minimum Gasteiger partial charge on any atom is -0.382 e. The fraction of sp³-hybridized carbons (Fsp3) is 0. The highest BCUT2D eigenvalue weighted by atomic mass is 79.9. The van der Waals surface area contributed by atoms with Crippen molar-refractivity contribution >= 4 is 50.1 Å². The molecule has 0 aliphatic heterocycles. The molecule has 0 bridgehead atoms. The van der Waals surface area contributed by atoms with Gasteiger partial charge in [-0.25, -0.2) is 9.18 Å². The van der Waals surface area contributed by atoms with E-state index in [1.165, 1.54) is 11.0 Å². The molecule has 0 radical (unpaired) electrons. The molecule has 140 valence electrons. The lowest BCUT2D eigenvalue weighted by molar-refractivity contribution is 0.256. The second kappa shape index (κ2) is 6.97. The summed E-state index contributed by atoms with van der Waals surface area (Å²) < 4.78 is 14.8. The van der Waals surface area contributed by atoms with E-state index in [4.69, 9.17) is 11.5 Å². The molecule has 0 unspecified atom stereocenters. The van der Waals surface area contributed by atoms with Gasteiger partial charge in [0.1, 0.15) is 11.3 Å². The van der Waals surface area contributed by atoms with Crippen molar-refractivity contribution in [1.82, 2.24) is 10.2 Å². The number of rotatable bonds is 3. The highest BCUT2D eigenvalue weighted by molar-refractivity contribution is 9.10. The number of nitrogens with two attached hydrogens (primary N) is 2. The first kappa shape index (κ1) is 18.0. The van der Waals surface area contributed by atoms with Gasteiger partial charge in [-0.1, -0.05) is 40.2 Å². The molecule has 8 heteroatoms. The maximum Gasteiger partial charge on any atom is 0.323 e. The zero-order valence-electron chi connectivity index (χ0n) is 14.5. The summed E-state index contributed by atoms with van der Waals surface area (Å²) in [5.74, 6) is -0.199. The molecule has 1 aromatic heterocycles. The molecule has 0 atom stereocenters. The number of hydrogen-bond donors (Lipinski definition) is 3. The largest absolute Gasteiger partial charge is 0.382 e. The highest BCUT2D eigenvalue weighted by Crippen LogP contribution is 2.35. The second-order valence-corrected chi connectivity index (χ2v) is 7.07. The van der Waals surface area contributed by atoms with E-state index in [1.54, 1.807) is 30.3 Å². The van der Waals surface area contributed by atoms with Gasteiger partial charge in [0.2, 0.25) is 0 Å². The van der Waals surface area contributed by atoms with E-state index in [9.17, 15) is 9.18 Å². The van der Waals surface area contributed by atoms with E-state index in [-0.39, 0.29) is 11.3 Å². The van der Waals surface area contributed by atoms with Gasteiger partial charge in [0, 0.05) is 4.47 Å². The number of anilines is 3. The molecule has 0 fully saturated rings. The predicted octanol–water partition coefficient (Wildman–Crippen LogP) is 4.93. The van der Waals surface area contributed by atoms with Crippen molar-refractivity contribution in [2.45, 2.75) is 0 Å². The molecule has 0 saturated carbocycles. The van der Waals surface area contributed by atoms with E-state index in [0.29, 0.717) is 16.8 Å². The van der Waals surface area contributed by atoms with Crippen LogP contribution in [0.15, 0.2) is 65.1 Å². The fourth-order valence-electron chi connectivity index (χ4n) is 3.17. The van der Waals surface area contributed by atoms with Crippen LogP contribution in [0.4, 0.5) is 26.4 Å². The Morgan fingerprint density at radius 2 is 1.82 bits per heavy atom. The Hall–Kier alpha value is -3.39. The Bertz CT molecular complexity index is 1190. The van der Waals surface area contributed by atoms with Crippen LogP contribution in [0.5, 0.6) is 0 Å². The van der Waals surface area contributed by atoms with Crippen molar-refractivity contribution < 1.29 is 9.18 Å². The monoisotopic (exact) mass is 439 g/mol. The van der Waals surface area contributed by atoms with Crippen LogP contribution in [-0.2, 0) is 0 Å². The molecular formula is C20H15BrFN5O. The van der Waals surface area contributed by atoms with Gasteiger partial charge in [0.15, 0.2) is 5.82 Å². The minimum absolute atomic E-state index is 0.224. The van der Waals surface area contributed by atoms with E-state index in [2.05, 4.69) is 26.1 Å². The summed E-state index contributed by atoms with van der Waals surface area (Å²) in [4.78, 5) is 13.5. The van der Waals surface area contributed by atoms with Crippen molar-refractivity contribution in [3.05, 3.63) is 71.0 Å². The van der Waals surface area contributed by atoms with Gasteiger partial charge in [-0.05, 0) is 47.5 Å². The number of primary amides is 1. The number of urea groups is 1. The Balaban J connectivity index is 1.78. The number of benzene rings is 3. The Kier molecular flexibility index (Phi) is 4.48. The Morgan fingerprint density at radius 3 is 2.50 bits per heavy atom. The number of aromatic nitrogens is 2. The lowest BCUT2D eigenvalue weighted by Crippen LogP contribution is -2.31. The molecule has 6 nitrogen and oxygen atoms in total. The summed E-state index contributed by atoms with van der Waals surface area (Å²) >= 11 is 3.40. The molecular weight excluding hydrogens is 425 g/mol. The van der Waals surface area contributed by atoms with Crippen LogP contribution in [0, 0.1) is 5.82 Å². The van der Waals surface area contributed by atoms with E-state index < -0.39 is 11.8 Å². The number of H-pyrrole nitrogens is 1. The van der Waals surface area contributed by atoms with Gasteiger partial charge in [-0.2, -0.15) is 5.10 Å².